The smallest absolute Gasteiger partial charge is 0.0379 e. The fourth-order valence-corrected chi connectivity index (χ4v) is 0.236. The molecule has 4 N–H and O–H groups in total. The summed E-state index contributed by atoms with van der Waals surface area (Å²) >= 11 is 0. The molecule has 0 aromatic carbocycles. The van der Waals surface area contributed by atoms with Crippen LogP contribution < -0.4 is 11.7 Å². The minimum Gasteiger partial charge on any atom is -0.274 e. The first-order valence-electron chi connectivity index (χ1n) is 2.36. The van der Waals surface area contributed by atoms with Gasteiger partial charge in [0.15, 0.2) is 0 Å². The van der Waals surface area contributed by atoms with E-state index in [1.807, 2.05) is 6.92 Å². The fourth-order valence-electron chi connectivity index (χ4n) is 0.236. The molecule has 0 aliphatic rings. The standard InChI is InChI=1S/C5H10.H4N2/c1-3-5-4-2;1-2/h3,5H,4H2,1-2H3;1-2H2. The van der Waals surface area contributed by atoms with Crippen molar-refractivity contribution < 1.29 is 0 Å². The Morgan fingerprint density at radius 3 is 1.86 bits per heavy atom. The Kier molecular flexibility index (Phi) is 24.4. The number of allylic oxidation sites excluding steroid dienone is 2. The lowest BCUT2D eigenvalue weighted by atomic mass is 10.4. The highest BCUT2D eigenvalue weighted by Crippen LogP contribution is 1.73. The van der Waals surface area contributed by atoms with Gasteiger partial charge in [-0.25, -0.2) is 0 Å². The summed E-state index contributed by atoms with van der Waals surface area (Å²) in [6, 6.07) is 0. The molecule has 0 rings (SSSR count). The van der Waals surface area contributed by atoms with Gasteiger partial charge in [-0.2, -0.15) is 0 Å². The summed E-state index contributed by atoms with van der Waals surface area (Å²) in [7, 11) is 0. The van der Waals surface area contributed by atoms with Crippen molar-refractivity contribution in [3.8, 4) is 0 Å². The van der Waals surface area contributed by atoms with Gasteiger partial charge < -0.3 is 0 Å². The molecule has 0 aliphatic heterocycles. The molecule has 0 saturated carbocycles. The average molecular weight is 102 g/mol. The molecule has 0 spiro atoms. The minimum absolute atomic E-state index is 1.16. The van der Waals surface area contributed by atoms with E-state index < -0.39 is 0 Å². The van der Waals surface area contributed by atoms with Crippen molar-refractivity contribution in [2.75, 3.05) is 0 Å². The Morgan fingerprint density at radius 1 is 1.43 bits per heavy atom. The van der Waals surface area contributed by atoms with Gasteiger partial charge in [-0.3, -0.25) is 11.7 Å². The largest absolute Gasteiger partial charge is 0.274 e. The molecule has 0 heterocycles. The van der Waals surface area contributed by atoms with E-state index in [4.69, 9.17) is 0 Å². The predicted octanol–water partition coefficient (Wildman–Crippen LogP) is 0.791. The molecule has 0 aliphatic carbocycles. The number of nitrogens with two attached hydrogens (primary N) is 2. The van der Waals surface area contributed by atoms with Crippen LogP contribution >= 0.6 is 0 Å². The molecule has 0 atom stereocenters. The third-order valence-corrected chi connectivity index (χ3v) is 0.471. The van der Waals surface area contributed by atoms with Crippen LogP contribution in [0.3, 0.4) is 0 Å². The summed E-state index contributed by atoms with van der Waals surface area (Å²) < 4.78 is 0. The van der Waals surface area contributed by atoms with E-state index in [1.54, 1.807) is 0 Å². The summed E-state index contributed by atoms with van der Waals surface area (Å²) in [6.45, 7) is 4.16. The van der Waals surface area contributed by atoms with Crippen LogP contribution in [0.2, 0.25) is 0 Å². The average Bonchev–Trinajstić information content (AvgIpc) is 1.75. The van der Waals surface area contributed by atoms with Crippen LogP contribution in [-0.2, 0) is 0 Å². The van der Waals surface area contributed by atoms with Crippen LogP contribution in [0.5, 0.6) is 0 Å². The number of hydrogen-bond donors (Lipinski definition) is 2. The van der Waals surface area contributed by atoms with Crippen molar-refractivity contribution in [1.29, 1.82) is 0 Å². The number of rotatable bonds is 1. The van der Waals surface area contributed by atoms with Crippen molar-refractivity contribution in [1.82, 2.24) is 0 Å². The zero-order chi connectivity index (χ0) is 6.12. The predicted molar refractivity (Wildman–Crippen MR) is 33.5 cm³/mol. The number of hydrogen-bond acceptors (Lipinski definition) is 2. The van der Waals surface area contributed by atoms with Crippen molar-refractivity contribution in [2.45, 2.75) is 20.3 Å². The van der Waals surface area contributed by atoms with Gasteiger partial charge in [0.2, 0.25) is 0 Å². The SMILES string of the molecule is CC=CCC.NN. The normalized spacial score (nSPS) is 8.00. The maximum absolute atomic E-state index is 4.00. The van der Waals surface area contributed by atoms with Gasteiger partial charge in [0.05, 0.1) is 0 Å². The summed E-state index contributed by atoms with van der Waals surface area (Å²) in [5, 5.41) is 0. The lowest BCUT2D eigenvalue weighted by molar-refractivity contribution is 1.22. The molecule has 0 aromatic rings. The van der Waals surface area contributed by atoms with Crippen molar-refractivity contribution in [3.05, 3.63) is 12.2 Å². The molecule has 2 heteroatoms. The van der Waals surface area contributed by atoms with Gasteiger partial charge in [-0.05, 0) is 13.3 Å². The van der Waals surface area contributed by atoms with E-state index in [-0.39, 0.29) is 0 Å². The van der Waals surface area contributed by atoms with E-state index in [2.05, 4.69) is 30.8 Å². The second-order valence-corrected chi connectivity index (χ2v) is 0.977. The molecule has 7 heavy (non-hydrogen) atoms. The minimum atomic E-state index is 1.16. The zero-order valence-electron chi connectivity index (χ0n) is 5.02. The van der Waals surface area contributed by atoms with E-state index in [0.29, 0.717) is 0 Å². The van der Waals surface area contributed by atoms with Gasteiger partial charge in [-0.15, -0.1) is 0 Å². The molecule has 0 bridgehead atoms. The fraction of sp³-hybridized carbons (Fsp3) is 0.600. The molecule has 2 nitrogen and oxygen atoms in total. The van der Waals surface area contributed by atoms with E-state index in [0.717, 1.165) is 6.42 Å². The molecule has 0 fully saturated rings. The lowest BCUT2D eigenvalue weighted by Gasteiger charge is -1.65. The highest BCUT2D eigenvalue weighted by Gasteiger charge is 1.52. The second kappa shape index (κ2) is 17.4. The van der Waals surface area contributed by atoms with Crippen molar-refractivity contribution in [2.24, 2.45) is 11.7 Å². The Labute approximate surface area is 45.2 Å². The van der Waals surface area contributed by atoms with Crippen LogP contribution in [0.15, 0.2) is 12.2 Å². The van der Waals surface area contributed by atoms with E-state index in [9.17, 15) is 0 Å². The van der Waals surface area contributed by atoms with Gasteiger partial charge in [0.25, 0.3) is 0 Å². The molecule has 44 valence electrons. The van der Waals surface area contributed by atoms with Crippen LogP contribution in [-0.4, -0.2) is 0 Å². The maximum Gasteiger partial charge on any atom is -0.0379 e. The summed E-state index contributed by atoms with van der Waals surface area (Å²) in [5.41, 5.74) is 0. The zero-order valence-corrected chi connectivity index (χ0v) is 5.02. The Hall–Kier alpha value is -0.340. The van der Waals surface area contributed by atoms with Crippen LogP contribution in [0, 0.1) is 0 Å². The first kappa shape index (κ1) is 9.83. The van der Waals surface area contributed by atoms with Crippen molar-refractivity contribution in [3.63, 3.8) is 0 Å². The Bertz CT molecular complexity index is 33.1. The van der Waals surface area contributed by atoms with Gasteiger partial charge in [0.1, 0.15) is 0 Å². The molecular formula is C5H14N2. The molecular weight excluding hydrogens is 88.1 g/mol. The summed E-state index contributed by atoms with van der Waals surface area (Å²) in [6.07, 6.45) is 5.34. The van der Waals surface area contributed by atoms with Gasteiger partial charge in [0, 0.05) is 0 Å². The number of hydrazine groups is 1. The third kappa shape index (κ3) is 27.5. The highest BCUT2D eigenvalue weighted by atomic mass is 15.0. The van der Waals surface area contributed by atoms with Gasteiger partial charge >= 0.3 is 0 Å². The van der Waals surface area contributed by atoms with E-state index >= 15 is 0 Å². The maximum atomic E-state index is 4.00. The first-order chi connectivity index (χ1) is 3.41. The van der Waals surface area contributed by atoms with Crippen LogP contribution in [0.1, 0.15) is 20.3 Å². The first-order valence-corrected chi connectivity index (χ1v) is 2.36. The van der Waals surface area contributed by atoms with Crippen LogP contribution in [0.4, 0.5) is 0 Å². The highest BCUT2D eigenvalue weighted by molar-refractivity contribution is 4.73. The lowest BCUT2D eigenvalue weighted by Crippen LogP contribution is -2.02. The molecule has 0 saturated heterocycles. The van der Waals surface area contributed by atoms with Gasteiger partial charge in [-0.1, -0.05) is 19.1 Å². The molecule has 0 unspecified atom stereocenters. The molecule has 0 amide bonds. The Morgan fingerprint density at radius 2 is 1.86 bits per heavy atom. The summed E-state index contributed by atoms with van der Waals surface area (Å²) in [4.78, 5) is 0. The van der Waals surface area contributed by atoms with Crippen LogP contribution in [0.25, 0.3) is 0 Å². The summed E-state index contributed by atoms with van der Waals surface area (Å²) in [5.74, 6) is 8.00. The second-order valence-electron chi connectivity index (χ2n) is 0.977. The van der Waals surface area contributed by atoms with E-state index in [1.165, 1.54) is 0 Å². The quantitative estimate of drug-likeness (QED) is 0.292. The Balaban J connectivity index is 0. The topological polar surface area (TPSA) is 52.0 Å². The van der Waals surface area contributed by atoms with Crippen molar-refractivity contribution >= 4 is 0 Å². The molecule has 0 radical (unpaired) electrons. The third-order valence-electron chi connectivity index (χ3n) is 0.471. The monoisotopic (exact) mass is 102 g/mol. The molecule has 0 aromatic heterocycles.